The third kappa shape index (κ3) is 3.90. The van der Waals surface area contributed by atoms with Gasteiger partial charge in [-0.15, -0.1) is 0 Å². The Labute approximate surface area is 148 Å². The van der Waals surface area contributed by atoms with E-state index in [0.29, 0.717) is 15.7 Å². The summed E-state index contributed by atoms with van der Waals surface area (Å²) in [7, 11) is 0. The van der Waals surface area contributed by atoms with Gasteiger partial charge in [0.15, 0.2) is 0 Å². The first-order chi connectivity index (χ1) is 11.3. The summed E-state index contributed by atoms with van der Waals surface area (Å²) in [6, 6.07) is 6.59. The zero-order chi connectivity index (χ0) is 17.3. The van der Waals surface area contributed by atoms with Gasteiger partial charge in [0.2, 0.25) is 5.92 Å². The van der Waals surface area contributed by atoms with Gasteiger partial charge in [0.1, 0.15) is 5.69 Å². The van der Waals surface area contributed by atoms with E-state index in [2.05, 4.69) is 10.3 Å². The Morgan fingerprint density at radius 1 is 1.21 bits per heavy atom. The number of rotatable bonds is 3. The van der Waals surface area contributed by atoms with E-state index in [1.54, 1.807) is 30.5 Å². The van der Waals surface area contributed by atoms with Gasteiger partial charge in [-0.2, -0.15) is 0 Å². The lowest BCUT2D eigenvalue weighted by molar-refractivity contribution is -0.0399. The smallest absolute Gasteiger partial charge is 0.267 e. The molecule has 2 aromatic rings. The van der Waals surface area contributed by atoms with Crippen molar-refractivity contribution >= 4 is 29.1 Å². The van der Waals surface area contributed by atoms with Crippen molar-refractivity contribution in [3.05, 3.63) is 46.2 Å². The molecule has 1 aliphatic rings. The standard InChI is InChI=1S/C17H16Cl2F2N2O/c18-11-1-2-13(14(19)8-11)10-7-15(22-9-10)16(24)23-12-3-5-17(20,21)6-4-12/h1-2,7-9,12,22H,3-6H2,(H,23,24). The van der Waals surface area contributed by atoms with E-state index in [1.807, 2.05) is 0 Å². The van der Waals surface area contributed by atoms with Crippen LogP contribution in [0.15, 0.2) is 30.5 Å². The highest BCUT2D eigenvalue weighted by molar-refractivity contribution is 6.36. The zero-order valence-electron chi connectivity index (χ0n) is 12.7. The van der Waals surface area contributed by atoms with Gasteiger partial charge in [-0.3, -0.25) is 4.79 Å². The van der Waals surface area contributed by atoms with Crippen LogP contribution in [0.3, 0.4) is 0 Å². The molecule has 1 saturated carbocycles. The molecule has 1 heterocycles. The van der Waals surface area contributed by atoms with Crippen LogP contribution < -0.4 is 5.32 Å². The summed E-state index contributed by atoms with van der Waals surface area (Å²) in [5, 5.41) is 3.83. The highest BCUT2D eigenvalue weighted by Crippen LogP contribution is 2.33. The summed E-state index contributed by atoms with van der Waals surface area (Å²) in [5.74, 6) is -2.91. The second kappa shape index (κ2) is 6.73. The molecule has 3 nitrogen and oxygen atoms in total. The zero-order valence-corrected chi connectivity index (χ0v) is 14.2. The van der Waals surface area contributed by atoms with Crippen LogP contribution in [-0.2, 0) is 0 Å². The number of aromatic nitrogens is 1. The predicted octanol–water partition coefficient (Wildman–Crippen LogP) is 5.30. The number of amides is 1. The van der Waals surface area contributed by atoms with Crippen molar-refractivity contribution in [1.29, 1.82) is 0 Å². The Morgan fingerprint density at radius 3 is 2.58 bits per heavy atom. The molecule has 0 radical (unpaired) electrons. The summed E-state index contributed by atoms with van der Waals surface area (Å²) in [6.07, 6.45) is 1.88. The van der Waals surface area contributed by atoms with E-state index in [4.69, 9.17) is 23.2 Å². The van der Waals surface area contributed by atoms with E-state index >= 15 is 0 Å². The molecule has 1 aromatic heterocycles. The number of hydrogen-bond donors (Lipinski definition) is 2. The van der Waals surface area contributed by atoms with E-state index in [9.17, 15) is 13.6 Å². The average molecular weight is 373 g/mol. The molecule has 1 aliphatic carbocycles. The van der Waals surface area contributed by atoms with Crippen LogP contribution in [-0.4, -0.2) is 22.9 Å². The first-order valence-corrected chi connectivity index (χ1v) is 8.42. The third-order valence-corrected chi connectivity index (χ3v) is 4.77. The maximum absolute atomic E-state index is 13.2. The van der Waals surface area contributed by atoms with Gasteiger partial charge in [0.25, 0.3) is 5.91 Å². The molecule has 0 aliphatic heterocycles. The summed E-state index contributed by atoms with van der Waals surface area (Å²) < 4.78 is 26.3. The summed E-state index contributed by atoms with van der Waals surface area (Å²) in [5.41, 5.74) is 1.89. The first kappa shape index (κ1) is 17.2. The van der Waals surface area contributed by atoms with Crippen molar-refractivity contribution in [2.45, 2.75) is 37.6 Å². The molecule has 1 amide bonds. The minimum atomic E-state index is -2.60. The number of hydrogen-bond acceptors (Lipinski definition) is 1. The Hall–Kier alpha value is -1.59. The van der Waals surface area contributed by atoms with Crippen molar-refractivity contribution < 1.29 is 13.6 Å². The molecule has 7 heteroatoms. The molecule has 0 saturated heterocycles. The Morgan fingerprint density at radius 2 is 1.92 bits per heavy atom. The van der Waals surface area contributed by atoms with Crippen molar-refractivity contribution in [2.75, 3.05) is 0 Å². The van der Waals surface area contributed by atoms with E-state index in [-0.39, 0.29) is 37.6 Å². The predicted molar refractivity (Wildman–Crippen MR) is 90.9 cm³/mol. The van der Waals surface area contributed by atoms with Gasteiger partial charge >= 0.3 is 0 Å². The molecule has 128 valence electrons. The maximum atomic E-state index is 13.2. The van der Waals surface area contributed by atoms with E-state index in [1.165, 1.54) is 0 Å². The quantitative estimate of drug-likeness (QED) is 0.754. The molecule has 0 atom stereocenters. The largest absolute Gasteiger partial charge is 0.357 e. The van der Waals surface area contributed by atoms with Crippen LogP contribution in [0.25, 0.3) is 11.1 Å². The van der Waals surface area contributed by atoms with Crippen LogP contribution in [0.2, 0.25) is 10.0 Å². The number of halogens is 4. The average Bonchev–Trinajstić information content (AvgIpc) is 2.99. The van der Waals surface area contributed by atoms with Crippen molar-refractivity contribution in [3.63, 3.8) is 0 Å². The summed E-state index contributed by atoms with van der Waals surface area (Å²) >= 11 is 12.0. The highest BCUT2D eigenvalue weighted by Gasteiger charge is 2.35. The fraction of sp³-hybridized carbons (Fsp3) is 0.353. The minimum absolute atomic E-state index is 0.186. The number of H-pyrrole nitrogens is 1. The molecular weight excluding hydrogens is 357 g/mol. The number of benzene rings is 1. The van der Waals surface area contributed by atoms with Crippen molar-refractivity contribution in [1.82, 2.24) is 10.3 Å². The van der Waals surface area contributed by atoms with Crippen molar-refractivity contribution in [2.24, 2.45) is 0 Å². The van der Waals surface area contributed by atoms with Gasteiger partial charge < -0.3 is 10.3 Å². The Kier molecular flexibility index (Phi) is 4.83. The van der Waals surface area contributed by atoms with Gasteiger partial charge in [-0.05, 0) is 31.0 Å². The number of carbonyl (C=O) groups is 1. The third-order valence-electron chi connectivity index (χ3n) is 4.22. The molecule has 0 bridgehead atoms. The van der Waals surface area contributed by atoms with Crippen LogP contribution >= 0.6 is 23.2 Å². The fourth-order valence-electron chi connectivity index (χ4n) is 2.85. The molecular formula is C17H16Cl2F2N2O. The number of aromatic amines is 1. The molecule has 1 fully saturated rings. The first-order valence-electron chi connectivity index (χ1n) is 7.67. The lowest BCUT2D eigenvalue weighted by Gasteiger charge is -2.28. The SMILES string of the molecule is O=C(NC1CCC(F)(F)CC1)c1cc(-c2ccc(Cl)cc2Cl)c[nH]1. The van der Waals surface area contributed by atoms with Crippen LogP contribution in [0.1, 0.15) is 36.2 Å². The van der Waals surface area contributed by atoms with E-state index < -0.39 is 5.92 Å². The monoisotopic (exact) mass is 372 g/mol. The fourth-order valence-corrected chi connectivity index (χ4v) is 3.37. The molecule has 2 N–H and O–H groups in total. The number of carbonyl (C=O) groups excluding carboxylic acids is 1. The molecule has 3 rings (SSSR count). The molecule has 1 aromatic carbocycles. The lowest BCUT2D eigenvalue weighted by Crippen LogP contribution is -2.40. The van der Waals surface area contributed by atoms with Gasteiger partial charge in [-0.25, -0.2) is 8.78 Å². The van der Waals surface area contributed by atoms with Gasteiger partial charge in [0.05, 0.1) is 0 Å². The summed E-state index contributed by atoms with van der Waals surface area (Å²) in [4.78, 5) is 15.2. The van der Waals surface area contributed by atoms with Crippen LogP contribution in [0.5, 0.6) is 0 Å². The Balaban J connectivity index is 1.68. The van der Waals surface area contributed by atoms with Gasteiger partial charge in [-0.1, -0.05) is 29.3 Å². The molecule has 0 unspecified atom stereocenters. The highest BCUT2D eigenvalue weighted by atomic mass is 35.5. The maximum Gasteiger partial charge on any atom is 0.267 e. The van der Waals surface area contributed by atoms with Crippen LogP contribution in [0.4, 0.5) is 8.78 Å². The normalized spacial score (nSPS) is 17.7. The van der Waals surface area contributed by atoms with E-state index in [0.717, 1.165) is 11.1 Å². The lowest BCUT2D eigenvalue weighted by atomic mass is 9.92. The van der Waals surface area contributed by atoms with Crippen molar-refractivity contribution in [3.8, 4) is 11.1 Å². The molecule has 24 heavy (non-hydrogen) atoms. The molecule has 0 spiro atoms. The second-order valence-electron chi connectivity index (χ2n) is 6.03. The van der Waals surface area contributed by atoms with Crippen LogP contribution in [0, 0.1) is 0 Å². The Bertz CT molecular complexity index is 751. The summed E-state index contributed by atoms with van der Waals surface area (Å²) in [6.45, 7) is 0. The number of nitrogens with one attached hydrogen (secondary N) is 2. The van der Waals surface area contributed by atoms with Gasteiger partial charge in [0, 0.05) is 46.3 Å². The topological polar surface area (TPSA) is 44.9 Å². The number of alkyl halides is 2. The minimum Gasteiger partial charge on any atom is -0.357 e. The second-order valence-corrected chi connectivity index (χ2v) is 6.87.